The minimum absolute atomic E-state index is 0.113. The molecule has 2 heterocycles. The molecule has 0 bridgehead atoms. The Hall–Kier alpha value is -1.78. The van der Waals surface area contributed by atoms with Crippen molar-refractivity contribution in [1.29, 1.82) is 0 Å². The predicted molar refractivity (Wildman–Crippen MR) is 41.3 cm³/mol. The Labute approximate surface area is 68.5 Å². The summed E-state index contributed by atoms with van der Waals surface area (Å²) in [4.78, 5) is 18.7. The maximum absolute atomic E-state index is 10.7. The van der Waals surface area contributed by atoms with Gasteiger partial charge in [-0.3, -0.25) is 4.79 Å². The van der Waals surface area contributed by atoms with E-state index in [1.807, 2.05) is 0 Å². The molecule has 1 aliphatic rings. The highest BCUT2D eigenvalue weighted by Gasteiger charge is 2.17. The average molecular weight is 162 g/mol. The molecule has 5 nitrogen and oxygen atoms in total. The van der Waals surface area contributed by atoms with Crippen LogP contribution in [0.4, 0.5) is 0 Å². The van der Waals surface area contributed by atoms with Crippen molar-refractivity contribution in [3.05, 3.63) is 24.3 Å². The summed E-state index contributed by atoms with van der Waals surface area (Å²) in [7, 11) is 0. The number of aromatic nitrogens is 2. The normalized spacial score (nSPS) is 15.7. The number of hydrazone groups is 1. The van der Waals surface area contributed by atoms with Gasteiger partial charge in [0, 0.05) is 12.4 Å². The minimum Gasteiger partial charge on any atom is -0.273 e. The van der Waals surface area contributed by atoms with Gasteiger partial charge in [0.1, 0.15) is 5.71 Å². The molecule has 0 aliphatic carbocycles. The van der Waals surface area contributed by atoms with Gasteiger partial charge in [-0.05, 0) is 6.07 Å². The van der Waals surface area contributed by atoms with Crippen molar-refractivity contribution in [2.24, 2.45) is 5.10 Å². The topological polar surface area (TPSA) is 67.2 Å². The molecule has 0 unspecified atom stereocenters. The summed E-state index contributed by atoms with van der Waals surface area (Å²) in [5, 5.41) is 3.78. The first-order valence-corrected chi connectivity index (χ1v) is 3.49. The number of carbonyl (C=O) groups is 1. The van der Waals surface area contributed by atoms with Gasteiger partial charge in [0.2, 0.25) is 5.91 Å². The number of rotatable bonds is 1. The molecule has 0 atom stereocenters. The maximum atomic E-state index is 10.7. The van der Waals surface area contributed by atoms with Gasteiger partial charge in [0.15, 0.2) is 5.82 Å². The van der Waals surface area contributed by atoms with E-state index < -0.39 is 0 Å². The Bertz CT molecular complexity index is 333. The van der Waals surface area contributed by atoms with Crippen LogP contribution in [0.5, 0.6) is 0 Å². The molecule has 1 aromatic heterocycles. The maximum Gasteiger partial charge on any atom is 0.246 e. The van der Waals surface area contributed by atoms with Gasteiger partial charge in [-0.25, -0.2) is 15.4 Å². The van der Waals surface area contributed by atoms with Crippen LogP contribution in [0.2, 0.25) is 0 Å². The fourth-order valence-electron chi connectivity index (χ4n) is 0.938. The standard InChI is InChI=1S/C7H6N4O/c12-6-4-5(10-11-6)7-8-2-1-3-9-7/h1-3H,4H2,(H,11,12). The lowest BCUT2D eigenvalue weighted by molar-refractivity contribution is -0.119. The summed E-state index contributed by atoms with van der Waals surface area (Å²) in [6, 6.07) is 1.72. The fraction of sp³-hybridized carbons (Fsp3) is 0.143. The van der Waals surface area contributed by atoms with E-state index in [1.54, 1.807) is 18.5 Å². The van der Waals surface area contributed by atoms with Crippen LogP contribution in [-0.2, 0) is 4.79 Å². The SMILES string of the molecule is O=C1CC(c2ncccn2)=NN1. The highest BCUT2D eigenvalue weighted by atomic mass is 16.2. The molecule has 1 aliphatic heterocycles. The largest absolute Gasteiger partial charge is 0.273 e. The van der Waals surface area contributed by atoms with Crippen molar-refractivity contribution in [1.82, 2.24) is 15.4 Å². The van der Waals surface area contributed by atoms with Crippen LogP contribution in [0, 0.1) is 0 Å². The zero-order chi connectivity index (χ0) is 8.39. The van der Waals surface area contributed by atoms with Gasteiger partial charge >= 0.3 is 0 Å². The molecule has 60 valence electrons. The van der Waals surface area contributed by atoms with Crippen LogP contribution in [0.1, 0.15) is 12.2 Å². The molecule has 1 N–H and O–H groups in total. The molecule has 0 spiro atoms. The van der Waals surface area contributed by atoms with E-state index in [1.165, 1.54) is 0 Å². The lowest BCUT2D eigenvalue weighted by atomic mass is 10.2. The fourth-order valence-corrected chi connectivity index (χ4v) is 0.938. The first-order valence-electron chi connectivity index (χ1n) is 3.49. The first kappa shape index (κ1) is 6.90. The number of carbonyl (C=O) groups excluding carboxylic acids is 1. The minimum atomic E-state index is -0.113. The van der Waals surface area contributed by atoms with Gasteiger partial charge in [-0.2, -0.15) is 5.10 Å². The predicted octanol–water partition coefficient (Wildman–Crippen LogP) is -0.299. The van der Waals surface area contributed by atoms with Crippen LogP contribution < -0.4 is 5.43 Å². The monoisotopic (exact) mass is 162 g/mol. The van der Waals surface area contributed by atoms with E-state index >= 15 is 0 Å². The Morgan fingerprint density at radius 1 is 1.33 bits per heavy atom. The van der Waals surface area contributed by atoms with Crippen LogP contribution >= 0.6 is 0 Å². The van der Waals surface area contributed by atoms with Gasteiger partial charge in [-0.1, -0.05) is 0 Å². The van der Waals surface area contributed by atoms with E-state index in [4.69, 9.17) is 0 Å². The van der Waals surface area contributed by atoms with Crippen molar-refractivity contribution >= 4 is 11.6 Å². The molecular weight excluding hydrogens is 156 g/mol. The third-order valence-electron chi connectivity index (χ3n) is 1.47. The highest BCUT2D eigenvalue weighted by Crippen LogP contribution is 2.01. The lowest BCUT2D eigenvalue weighted by Crippen LogP contribution is -2.09. The molecule has 1 amide bonds. The van der Waals surface area contributed by atoms with Gasteiger partial charge in [0.25, 0.3) is 0 Å². The number of hydrogen-bond acceptors (Lipinski definition) is 4. The molecule has 0 aromatic carbocycles. The molecular formula is C7H6N4O. The van der Waals surface area contributed by atoms with Crippen LogP contribution in [0.15, 0.2) is 23.6 Å². The second-order valence-corrected chi connectivity index (χ2v) is 2.34. The van der Waals surface area contributed by atoms with E-state index in [2.05, 4.69) is 20.5 Å². The zero-order valence-electron chi connectivity index (χ0n) is 6.19. The number of nitrogens with zero attached hydrogens (tertiary/aromatic N) is 3. The molecule has 0 saturated heterocycles. The molecule has 1 aromatic rings. The molecule has 0 radical (unpaired) electrons. The first-order chi connectivity index (χ1) is 5.86. The number of hydrogen-bond donors (Lipinski definition) is 1. The highest BCUT2D eigenvalue weighted by molar-refractivity contribution is 6.11. The van der Waals surface area contributed by atoms with Crippen molar-refractivity contribution in [2.75, 3.05) is 0 Å². The summed E-state index contributed by atoms with van der Waals surface area (Å²) in [6.07, 6.45) is 3.51. The van der Waals surface area contributed by atoms with Crippen molar-refractivity contribution in [3.63, 3.8) is 0 Å². The molecule has 5 heteroatoms. The lowest BCUT2D eigenvalue weighted by Gasteiger charge is -1.92. The molecule has 0 saturated carbocycles. The van der Waals surface area contributed by atoms with E-state index in [0.29, 0.717) is 11.5 Å². The summed E-state index contributed by atoms with van der Waals surface area (Å²) in [5.41, 5.74) is 2.93. The molecule has 12 heavy (non-hydrogen) atoms. The summed E-state index contributed by atoms with van der Waals surface area (Å²) in [6.45, 7) is 0. The third kappa shape index (κ3) is 1.16. The van der Waals surface area contributed by atoms with Gasteiger partial charge < -0.3 is 0 Å². The van der Waals surface area contributed by atoms with Crippen molar-refractivity contribution in [3.8, 4) is 0 Å². The van der Waals surface area contributed by atoms with Crippen LogP contribution in [0.25, 0.3) is 0 Å². The average Bonchev–Trinajstić information content (AvgIpc) is 2.54. The van der Waals surface area contributed by atoms with E-state index in [-0.39, 0.29) is 12.3 Å². The summed E-state index contributed by atoms with van der Waals surface area (Å²) >= 11 is 0. The molecule has 2 rings (SSSR count). The van der Waals surface area contributed by atoms with Crippen molar-refractivity contribution in [2.45, 2.75) is 6.42 Å². The van der Waals surface area contributed by atoms with Gasteiger partial charge in [-0.15, -0.1) is 0 Å². The van der Waals surface area contributed by atoms with Gasteiger partial charge in [0.05, 0.1) is 6.42 Å². The van der Waals surface area contributed by atoms with Crippen LogP contribution in [0.3, 0.4) is 0 Å². The number of amides is 1. The summed E-state index contributed by atoms with van der Waals surface area (Å²) in [5.74, 6) is 0.397. The zero-order valence-corrected chi connectivity index (χ0v) is 6.19. The summed E-state index contributed by atoms with van der Waals surface area (Å²) < 4.78 is 0. The number of nitrogens with one attached hydrogen (secondary N) is 1. The Morgan fingerprint density at radius 3 is 2.67 bits per heavy atom. The quantitative estimate of drug-likeness (QED) is 0.616. The Morgan fingerprint density at radius 2 is 2.08 bits per heavy atom. The Kier molecular flexibility index (Phi) is 1.55. The smallest absolute Gasteiger partial charge is 0.246 e. The van der Waals surface area contributed by atoms with Crippen molar-refractivity contribution < 1.29 is 4.79 Å². The Balaban J connectivity index is 2.28. The van der Waals surface area contributed by atoms with E-state index in [0.717, 1.165) is 0 Å². The second-order valence-electron chi connectivity index (χ2n) is 2.34. The second kappa shape index (κ2) is 2.69. The van der Waals surface area contributed by atoms with Crippen LogP contribution in [-0.4, -0.2) is 21.6 Å². The molecule has 0 fully saturated rings. The third-order valence-corrected chi connectivity index (χ3v) is 1.47. The van der Waals surface area contributed by atoms with E-state index in [9.17, 15) is 4.79 Å².